The number of hydrogen-bond donors (Lipinski definition) is 1. The van der Waals surface area contributed by atoms with Crippen LogP contribution in [0.15, 0.2) is 22.7 Å². The second-order valence-corrected chi connectivity index (χ2v) is 4.69. The van der Waals surface area contributed by atoms with Crippen molar-refractivity contribution in [2.45, 2.75) is 19.9 Å². The molecule has 6 nitrogen and oxygen atoms in total. The molecule has 0 unspecified atom stereocenters. The van der Waals surface area contributed by atoms with Gasteiger partial charge < -0.3 is 5.11 Å². The van der Waals surface area contributed by atoms with Gasteiger partial charge in [-0.2, -0.15) is 0 Å². The van der Waals surface area contributed by atoms with Gasteiger partial charge >= 0.3 is 5.97 Å². The van der Waals surface area contributed by atoms with Crippen molar-refractivity contribution in [1.82, 2.24) is 20.2 Å². The lowest BCUT2D eigenvalue weighted by atomic mass is 10.1. The molecule has 1 aromatic heterocycles. The monoisotopic (exact) mass is 310 g/mol. The van der Waals surface area contributed by atoms with E-state index in [1.165, 1.54) is 4.68 Å². The van der Waals surface area contributed by atoms with Crippen molar-refractivity contribution in [3.8, 4) is 11.4 Å². The van der Waals surface area contributed by atoms with E-state index < -0.39 is 5.97 Å². The minimum atomic E-state index is -0.874. The highest BCUT2D eigenvalue weighted by Gasteiger charge is 2.11. The van der Waals surface area contributed by atoms with Gasteiger partial charge in [-0.25, -0.2) is 4.68 Å². The molecule has 1 aromatic carbocycles. The van der Waals surface area contributed by atoms with Gasteiger partial charge in [-0.15, -0.1) is 5.10 Å². The van der Waals surface area contributed by atoms with Crippen molar-refractivity contribution < 1.29 is 9.90 Å². The summed E-state index contributed by atoms with van der Waals surface area (Å²) in [4.78, 5) is 10.6. The van der Waals surface area contributed by atoms with Crippen molar-refractivity contribution in [2.75, 3.05) is 0 Å². The van der Waals surface area contributed by atoms with Gasteiger partial charge in [-0.1, -0.05) is 28.1 Å². The van der Waals surface area contributed by atoms with E-state index >= 15 is 0 Å². The zero-order valence-corrected chi connectivity index (χ0v) is 11.3. The Morgan fingerprint density at radius 3 is 2.94 bits per heavy atom. The molecule has 0 aliphatic rings. The predicted octanol–water partition coefficient (Wildman–Crippen LogP) is 1.89. The van der Waals surface area contributed by atoms with Crippen LogP contribution in [0.3, 0.4) is 0 Å². The highest BCUT2D eigenvalue weighted by molar-refractivity contribution is 9.10. The van der Waals surface area contributed by atoms with Crippen LogP contribution >= 0.6 is 15.9 Å². The molecule has 18 heavy (non-hydrogen) atoms. The van der Waals surface area contributed by atoms with E-state index in [2.05, 4.69) is 31.5 Å². The van der Waals surface area contributed by atoms with Gasteiger partial charge in [0, 0.05) is 10.0 Å². The fourth-order valence-corrected chi connectivity index (χ4v) is 1.87. The number of nitrogens with zero attached hydrogens (tertiary/aromatic N) is 4. The fraction of sp³-hybridized carbons (Fsp3) is 0.273. The van der Waals surface area contributed by atoms with Gasteiger partial charge in [-0.3, -0.25) is 4.79 Å². The van der Waals surface area contributed by atoms with Crippen LogP contribution in [-0.4, -0.2) is 31.3 Å². The van der Waals surface area contributed by atoms with Crippen LogP contribution in [-0.2, 0) is 11.3 Å². The molecule has 2 rings (SSSR count). The van der Waals surface area contributed by atoms with E-state index in [1.807, 2.05) is 25.1 Å². The number of carbonyl (C=O) groups is 1. The molecule has 0 bridgehead atoms. The molecule has 0 aliphatic heterocycles. The molecule has 94 valence electrons. The standard InChI is InChI=1S/C11H11BrN4O2/c1-7-2-3-8(6-9(7)12)11-13-14-15-16(11)5-4-10(17)18/h2-3,6H,4-5H2,1H3,(H,17,18). The Morgan fingerprint density at radius 2 is 2.28 bits per heavy atom. The Bertz CT molecular complexity index is 582. The largest absolute Gasteiger partial charge is 0.481 e. The quantitative estimate of drug-likeness (QED) is 0.932. The average molecular weight is 311 g/mol. The Hall–Kier alpha value is -1.76. The second kappa shape index (κ2) is 5.26. The summed E-state index contributed by atoms with van der Waals surface area (Å²) >= 11 is 3.45. The average Bonchev–Trinajstić information content (AvgIpc) is 2.78. The van der Waals surface area contributed by atoms with Crippen molar-refractivity contribution in [3.63, 3.8) is 0 Å². The molecule has 0 fully saturated rings. The van der Waals surface area contributed by atoms with Crippen LogP contribution in [0.2, 0.25) is 0 Å². The third-order valence-corrected chi connectivity index (χ3v) is 3.35. The Kier molecular flexibility index (Phi) is 3.71. The Balaban J connectivity index is 2.30. The Morgan fingerprint density at radius 1 is 1.50 bits per heavy atom. The number of aromatic nitrogens is 4. The lowest BCUT2D eigenvalue weighted by Crippen LogP contribution is -2.07. The van der Waals surface area contributed by atoms with E-state index in [9.17, 15) is 4.79 Å². The number of carboxylic acid groups (broad SMARTS) is 1. The topological polar surface area (TPSA) is 80.9 Å². The zero-order chi connectivity index (χ0) is 13.1. The first kappa shape index (κ1) is 12.7. The second-order valence-electron chi connectivity index (χ2n) is 3.83. The highest BCUT2D eigenvalue weighted by atomic mass is 79.9. The van der Waals surface area contributed by atoms with Crippen LogP contribution in [0.5, 0.6) is 0 Å². The molecule has 0 spiro atoms. The molecule has 1 N–H and O–H groups in total. The van der Waals surface area contributed by atoms with Crippen LogP contribution in [0.1, 0.15) is 12.0 Å². The number of halogens is 1. The lowest BCUT2D eigenvalue weighted by molar-refractivity contribution is -0.137. The van der Waals surface area contributed by atoms with Gasteiger partial charge in [0.15, 0.2) is 5.82 Å². The molecule has 0 atom stereocenters. The number of tetrazole rings is 1. The van der Waals surface area contributed by atoms with Gasteiger partial charge in [-0.05, 0) is 29.0 Å². The number of hydrogen-bond acceptors (Lipinski definition) is 4. The predicted molar refractivity (Wildman–Crippen MR) is 67.9 cm³/mol. The third kappa shape index (κ3) is 2.73. The molecule has 0 saturated carbocycles. The summed E-state index contributed by atoms with van der Waals surface area (Å²) in [5, 5.41) is 20.0. The smallest absolute Gasteiger partial charge is 0.305 e. The van der Waals surface area contributed by atoms with Gasteiger partial charge in [0.2, 0.25) is 0 Å². The number of carboxylic acids is 1. The summed E-state index contributed by atoms with van der Waals surface area (Å²) in [7, 11) is 0. The number of rotatable bonds is 4. The maximum atomic E-state index is 10.6. The van der Waals surface area contributed by atoms with Crippen LogP contribution in [0, 0.1) is 6.92 Å². The first-order valence-corrected chi connectivity index (χ1v) is 6.11. The number of aliphatic carboxylic acids is 1. The van der Waals surface area contributed by atoms with E-state index in [0.717, 1.165) is 15.6 Å². The molecule has 0 saturated heterocycles. The van der Waals surface area contributed by atoms with Gasteiger partial charge in [0.25, 0.3) is 0 Å². The van der Waals surface area contributed by atoms with Gasteiger partial charge in [0.1, 0.15) is 0 Å². The summed E-state index contributed by atoms with van der Waals surface area (Å²) in [5.74, 6) is -0.307. The minimum absolute atomic E-state index is 0.00886. The van der Waals surface area contributed by atoms with Crippen LogP contribution < -0.4 is 0 Å². The summed E-state index contributed by atoms with van der Waals surface area (Å²) in [5.41, 5.74) is 1.96. The first-order chi connectivity index (χ1) is 8.58. The van der Waals surface area contributed by atoms with Crippen LogP contribution in [0.25, 0.3) is 11.4 Å². The Labute approximate surface area is 112 Å². The van der Waals surface area contributed by atoms with E-state index in [4.69, 9.17) is 5.11 Å². The van der Waals surface area contributed by atoms with Crippen molar-refractivity contribution >= 4 is 21.9 Å². The number of aryl methyl sites for hydroxylation is 2. The van der Waals surface area contributed by atoms with E-state index in [0.29, 0.717) is 5.82 Å². The zero-order valence-electron chi connectivity index (χ0n) is 9.67. The molecule has 0 amide bonds. The lowest BCUT2D eigenvalue weighted by Gasteiger charge is -2.04. The highest BCUT2D eigenvalue weighted by Crippen LogP contribution is 2.23. The summed E-state index contributed by atoms with van der Waals surface area (Å²) < 4.78 is 2.46. The van der Waals surface area contributed by atoms with E-state index in [-0.39, 0.29) is 13.0 Å². The normalized spacial score (nSPS) is 10.6. The van der Waals surface area contributed by atoms with Crippen molar-refractivity contribution in [3.05, 3.63) is 28.2 Å². The van der Waals surface area contributed by atoms with E-state index in [1.54, 1.807) is 0 Å². The van der Waals surface area contributed by atoms with Gasteiger partial charge in [0.05, 0.1) is 13.0 Å². The summed E-state index contributed by atoms with van der Waals surface area (Å²) in [6.45, 7) is 2.24. The minimum Gasteiger partial charge on any atom is -0.481 e. The molecule has 0 radical (unpaired) electrons. The molecule has 2 aromatic rings. The van der Waals surface area contributed by atoms with Crippen molar-refractivity contribution in [2.24, 2.45) is 0 Å². The van der Waals surface area contributed by atoms with Crippen molar-refractivity contribution in [1.29, 1.82) is 0 Å². The maximum Gasteiger partial charge on any atom is 0.305 e. The fourth-order valence-electron chi connectivity index (χ4n) is 1.50. The maximum absolute atomic E-state index is 10.6. The van der Waals surface area contributed by atoms with Crippen LogP contribution in [0.4, 0.5) is 0 Å². The summed E-state index contributed by atoms with van der Waals surface area (Å²) in [6, 6.07) is 5.77. The molecular formula is C11H11BrN4O2. The first-order valence-electron chi connectivity index (χ1n) is 5.32. The number of benzene rings is 1. The molecule has 1 heterocycles. The molecule has 7 heteroatoms. The molecular weight excluding hydrogens is 300 g/mol. The SMILES string of the molecule is Cc1ccc(-c2nnnn2CCC(=O)O)cc1Br. The third-order valence-electron chi connectivity index (χ3n) is 2.50. The summed E-state index contributed by atoms with van der Waals surface area (Å²) in [6.07, 6.45) is -0.00886. The molecule has 0 aliphatic carbocycles.